The number of benzene rings is 2. The van der Waals surface area contributed by atoms with Crippen LogP contribution in [0.3, 0.4) is 0 Å². The molecule has 3 rings (SSSR count). The molecule has 5 nitrogen and oxygen atoms in total. The summed E-state index contributed by atoms with van der Waals surface area (Å²) in [6.45, 7) is 3.07. The van der Waals surface area contributed by atoms with Gasteiger partial charge in [0.2, 0.25) is 0 Å². The van der Waals surface area contributed by atoms with E-state index in [4.69, 9.17) is 24.9 Å². The highest BCUT2D eigenvalue weighted by Gasteiger charge is 2.11. The van der Waals surface area contributed by atoms with Crippen LogP contribution in [-0.4, -0.2) is 32.4 Å². The first-order valence-electron chi connectivity index (χ1n) is 8.76. The van der Waals surface area contributed by atoms with E-state index >= 15 is 0 Å². The Labute approximate surface area is 159 Å². The zero-order valence-electron chi connectivity index (χ0n) is 15.9. The lowest BCUT2D eigenvalue weighted by molar-refractivity contribution is 0.146. The molecule has 3 aromatic rings. The van der Waals surface area contributed by atoms with Crippen LogP contribution in [0.4, 0.5) is 5.69 Å². The molecule has 0 aliphatic rings. The van der Waals surface area contributed by atoms with Crippen molar-refractivity contribution in [1.29, 1.82) is 0 Å². The maximum atomic E-state index is 6.31. The minimum absolute atomic E-state index is 0.516. The summed E-state index contributed by atoms with van der Waals surface area (Å²) in [4.78, 5) is 4.81. The fraction of sp³-hybridized carbons (Fsp3) is 0.227. The Morgan fingerprint density at radius 3 is 2.11 bits per heavy atom. The summed E-state index contributed by atoms with van der Waals surface area (Å²) < 4.78 is 15.8. The third kappa shape index (κ3) is 4.38. The summed E-state index contributed by atoms with van der Waals surface area (Å²) in [5, 5.41) is 0. The van der Waals surface area contributed by atoms with Crippen LogP contribution in [0.1, 0.15) is 5.56 Å². The number of aromatic nitrogens is 1. The minimum Gasteiger partial charge on any atom is -0.497 e. The monoisotopic (exact) mass is 364 g/mol. The third-order valence-corrected chi connectivity index (χ3v) is 4.34. The zero-order valence-corrected chi connectivity index (χ0v) is 15.9. The summed E-state index contributed by atoms with van der Waals surface area (Å²) in [5.41, 5.74) is 11.6. The molecule has 5 heteroatoms. The molecule has 0 atom stereocenters. The Balaban J connectivity index is 1.91. The molecule has 1 aromatic heterocycles. The van der Waals surface area contributed by atoms with Gasteiger partial charge in [0.25, 0.3) is 0 Å². The van der Waals surface area contributed by atoms with Crippen molar-refractivity contribution in [1.82, 2.24) is 4.98 Å². The van der Waals surface area contributed by atoms with E-state index in [1.807, 2.05) is 61.5 Å². The summed E-state index contributed by atoms with van der Waals surface area (Å²) in [6, 6.07) is 17.6. The Kier molecular flexibility index (Phi) is 5.94. The van der Waals surface area contributed by atoms with Gasteiger partial charge in [-0.25, -0.2) is 4.98 Å². The number of ether oxygens (including phenoxy) is 3. The molecule has 2 aromatic carbocycles. The Hall–Kier alpha value is -3.05. The van der Waals surface area contributed by atoms with Gasteiger partial charge in [-0.2, -0.15) is 0 Å². The molecule has 27 heavy (non-hydrogen) atoms. The van der Waals surface area contributed by atoms with Crippen molar-refractivity contribution in [3.8, 4) is 34.0 Å². The molecule has 0 unspecified atom stereocenters. The molecular weight excluding hydrogens is 340 g/mol. The Bertz CT molecular complexity index is 891. The number of anilines is 1. The van der Waals surface area contributed by atoms with Crippen LogP contribution in [0.5, 0.6) is 11.5 Å². The van der Waals surface area contributed by atoms with Gasteiger partial charge in [-0.3, -0.25) is 0 Å². The molecule has 2 N–H and O–H groups in total. The van der Waals surface area contributed by atoms with Crippen molar-refractivity contribution in [2.75, 3.05) is 33.2 Å². The fourth-order valence-corrected chi connectivity index (χ4v) is 2.76. The molecule has 0 bridgehead atoms. The van der Waals surface area contributed by atoms with Gasteiger partial charge in [0, 0.05) is 18.2 Å². The average Bonchev–Trinajstić information content (AvgIpc) is 2.71. The maximum absolute atomic E-state index is 6.31. The molecule has 0 radical (unpaired) electrons. The summed E-state index contributed by atoms with van der Waals surface area (Å²) in [7, 11) is 3.31. The highest BCUT2D eigenvalue weighted by Crippen LogP contribution is 2.32. The second-order valence-electron chi connectivity index (χ2n) is 6.18. The van der Waals surface area contributed by atoms with Crippen LogP contribution in [-0.2, 0) is 4.74 Å². The molecule has 0 spiro atoms. The molecule has 1 heterocycles. The first-order valence-corrected chi connectivity index (χ1v) is 8.76. The van der Waals surface area contributed by atoms with Crippen molar-refractivity contribution in [2.45, 2.75) is 6.92 Å². The molecule has 0 saturated heterocycles. The lowest BCUT2D eigenvalue weighted by Gasteiger charge is -2.12. The number of rotatable bonds is 7. The molecular formula is C22H24N2O3. The molecule has 0 aliphatic carbocycles. The lowest BCUT2D eigenvalue weighted by Crippen LogP contribution is -2.04. The van der Waals surface area contributed by atoms with Crippen molar-refractivity contribution >= 4 is 5.69 Å². The molecule has 0 aliphatic heterocycles. The molecule has 0 fully saturated rings. The maximum Gasteiger partial charge on any atom is 0.119 e. The second-order valence-corrected chi connectivity index (χ2v) is 6.18. The quantitative estimate of drug-likeness (QED) is 0.632. The van der Waals surface area contributed by atoms with Gasteiger partial charge in [0.05, 0.1) is 30.8 Å². The lowest BCUT2D eigenvalue weighted by atomic mass is 10.0. The Morgan fingerprint density at radius 1 is 0.852 bits per heavy atom. The number of pyridine rings is 1. The highest BCUT2D eigenvalue weighted by atomic mass is 16.5. The van der Waals surface area contributed by atoms with Gasteiger partial charge in [0.15, 0.2) is 0 Å². The third-order valence-electron chi connectivity index (χ3n) is 4.34. The van der Waals surface area contributed by atoms with Crippen LogP contribution in [0.25, 0.3) is 22.5 Å². The van der Waals surface area contributed by atoms with E-state index < -0.39 is 0 Å². The molecule has 0 amide bonds. The highest BCUT2D eigenvalue weighted by molar-refractivity contribution is 5.78. The van der Waals surface area contributed by atoms with E-state index in [0.717, 1.165) is 39.6 Å². The molecule has 0 saturated carbocycles. The van der Waals surface area contributed by atoms with Crippen LogP contribution in [0.2, 0.25) is 0 Å². The van der Waals surface area contributed by atoms with E-state index in [1.54, 1.807) is 14.2 Å². The minimum atomic E-state index is 0.516. The predicted molar refractivity (Wildman–Crippen MR) is 108 cm³/mol. The Morgan fingerprint density at radius 2 is 1.48 bits per heavy atom. The summed E-state index contributed by atoms with van der Waals surface area (Å²) >= 11 is 0. The van der Waals surface area contributed by atoms with Crippen LogP contribution in [0, 0.1) is 6.92 Å². The van der Waals surface area contributed by atoms with Gasteiger partial charge < -0.3 is 19.9 Å². The fourth-order valence-electron chi connectivity index (χ4n) is 2.76. The zero-order chi connectivity index (χ0) is 19.2. The van der Waals surface area contributed by atoms with Gasteiger partial charge in [-0.15, -0.1) is 0 Å². The first kappa shape index (κ1) is 18.7. The standard InChI is InChI=1S/C22H24N2O3/c1-15-14-20(16-4-8-18(26-3)9-5-16)24-22(21(15)23)17-6-10-19(11-7-17)27-13-12-25-2/h4-11,14H,12-13,23H2,1-3H3. The van der Waals surface area contributed by atoms with Gasteiger partial charge >= 0.3 is 0 Å². The first-order chi connectivity index (χ1) is 13.1. The van der Waals surface area contributed by atoms with Gasteiger partial charge in [-0.1, -0.05) is 0 Å². The predicted octanol–water partition coefficient (Wildman–Crippen LogP) is 4.34. The van der Waals surface area contributed by atoms with E-state index in [9.17, 15) is 0 Å². The number of methoxy groups -OCH3 is 2. The second kappa shape index (κ2) is 8.56. The molecule has 140 valence electrons. The van der Waals surface area contributed by atoms with Crippen LogP contribution < -0.4 is 15.2 Å². The number of aryl methyl sites for hydroxylation is 1. The number of nitrogen functional groups attached to an aromatic ring is 1. The largest absolute Gasteiger partial charge is 0.497 e. The topological polar surface area (TPSA) is 66.6 Å². The summed E-state index contributed by atoms with van der Waals surface area (Å²) in [6.07, 6.45) is 0. The number of nitrogens with zero attached hydrogens (tertiary/aromatic N) is 1. The van der Waals surface area contributed by atoms with Crippen molar-refractivity contribution in [3.63, 3.8) is 0 Å². The van der Waals surface area contributed by atoms with Crippen molar-refractivity contribution in [2.24, 2.45) is 0 Å². The van der Waals surface area contributed by atoms with E-state index in [0.29, 0.717) is 18.9 Å². The smallest absolute Gasteiger partial charge is 0.119 e. The van der Waals surface area contributed by atoms with Crippen molar-refractivity contribution < 1.29 is 14.2 Å². The summed E-state index contributed by atoms with van der Waals surface area (Å²) in [5.74, 6) is 1.60. The average molecular weight is 364 g/mol. The van der Waals surface area contributed by atoms with E-state index in [1.165, 1.54) is 0 Å². The van der Waals surface area contributed by atoms with Gasteiger partial charge in [-0.05, 0) is 67.1 Å². The number of hydrogen-bond acceptors (Lipinski definition) is 5. The number of hydrogen-bond donors (Lipinski definition) is 1. The number of nitrogens with two attached hydrogens (primary N) is 1. The van der Waals surface area contributed by atoms with E-state index in [-0.39, 0.29) is 0 Å². The van der Waals surface area contributed by atoms with E-state index in [2.05, 4.69) is 0 Å². The van der Waals surface area contributed by atoms with Crippen LogP contribution >= 0.6 is 0 Å². The van der Waals surface area contributed by atoms with Gasteiger partial charge in [0.1, 0.15) is 18.1 Å². The van der Waals surface area contributed by atoms with Crippen LogP contribution in [0.15, 0.2) is 54.6 Å². The normalized spacial score (nSPS) is 10.6. The van der Waals surface area contributed by atoms with Crippen molar-refractivity contribution in [3.05, 3.63) is 60.2 Å². The SMILES string of the molecule is COCCOc1ccc(-c2nc(-c3ccc(OC)cc3)cc(C)c2N)cc1.